The minimum atomic E-state index is -0.153. The third-order valence-electron chi connectivity index (χ3n) is 7.52. The number of hydrazone groups is 1. The number of halogens is 3. The molecule has 222 valence electrons. The molecule has 0 bridgehead atoms. The first-order chi connectivity index (χ1) is 19.4. The summed E-state index contributed by atoms with van der Waals surface area (Å²) in [5.74, 6) is 1.18. The molecule has 1 aromatic rings. The number of ether oxygens (including phenoxy) is 1. The molecule has 0 atom stereocenters. The van der Waals surface area contributed by atoms with E-state index in [4.69, 9.17) is 27.9 Å². The number of carbonyl (C=O) groups is 2. The highest BCUT2D eigenvalue weighted by Crippen LogP contribution is 2.28. The monoisotopic (exact) mass is 707 g/mol. The Bertz CT molecular complexity index is 1020. The van der Waals surface area contributed by atoms with Gasteiger partial charge in [0.1, 0.15) is 12.4 Å². The van der Waals surface area contributed by atoms with Crippen LogP contribution in [0.15, 0.2) is 23.3 Å². The second-order valence-corrected chi connectivity index (χ2v) is 12.7. The molecule has 0 spiro atoms. The predicted octanol–water partition coefficient (Wildman–Crippen LogP) is 3.23. The summed E-state index contributed by atoms with van der Waals surface area (Å²) in [6.45, 7) is 10.5. The van der Waals surface area contributed by atoms with Crippen LogP contribution in [0.1, 0.15) is 32.1 Å². The van der Waals surface area contributed by atoms with E-state index in [2.05, 4.69) is 51.5 Å². The fraction of sp³-hybridized carbons (Fsp3) is 0.667. The number of nitrogens with one attached hydrogen (secondary N) is 2. The van der Waals surface area contributed by atoms with E-state index in [9.17, 15) is 9.59 Å². The molecule has 4 rings (SSSR count). The summed E-state index contributed by atoms with van der Waals surface area (Å²) in [5, 5.41) is 12.9. The first-order valence-electron chi connectivity index (χ1n) is 14.2. The quantitative estimate of drug-likeness (QED) is 0.196. The number of piperidine rings is 1. The van der Waals surface area contributed by atoms with E-state index in [-0.39, 0.29) is 18.4 Å². The lowest BCUT2D eigenvalue weighted by atomic mass is 9.97. The van der Waals surface area contributed by atoms with Crippen LogP contribution in [0, 0.1) is 5.92 Å². The summed E-state index contributed by atoms with van der Waals surface area (Å²) in [6, 6.07) is 5.32. The zero-order chi connectivity index (χ0) is 28.3. The van der Waals surface area contributed by atoms with Gasteiger partial charge in [-0.2, -0.15) is 5.10 Å². The van der Waals surface area contributed by atoms with Crippen LogP contribution in [0.5, 0.6) is 0 Å². The highest BCUT2D eigenvalue weighted by molar-refractivity contribution is 14.1. The molecule has 2 amide bonds. The number of benzene rings is 1. The van der Waals surface area contributed by atoms with Crippen LogP contribution >= 0.6 is 46.1 Å². The molecule has 2 saturated heterocycles. The molecule has 0 saturated carbocycles. The van der Waals surface area contributed by atoms with Crippen LogP contribution in [0.4, 0.5) is 5.69 Å². The SMILES string of the molecule is O=C(COCCN1CCN(CC2CCN(I)CC2)CC1)NCCCC(=O)NC1=NN(c2ccc(Cl)c(Cl)c2)CC1. The summed E-state index contributed by atoms with van der Waals surface area (Å²) >= 11 is 14.5. The number of piperazine rings is 1. The van der Waals surface area contributed by atoms with Gasteiger partial charge >= 0.3 is 0 Å². The fourth-order valence-corrected chi connectivity index (χ4v) is 5.98. The molecule has 40 heavy (non-hydrogen) atoms. The topological polar surface area (TPSA) is 92.8 Å². The van der Waals surface area contributed by atoms with E-state index in [1.807, 2.05) is 6.07 Å². The van der Waals surface area contributed by atoms with E-state index < -0.39 is 0 Å². The number of nitrogens with zero attached hydrogens (tertiary/aromatic N) is 5. The molecule has 0 aliphatic carbocycles. The molecular weight excluding hydrogens is 668 g/mol. The minimum absolute atomic E-state index is 0.0447. The van der Waals surface area contributed by atoms with Gasteiger partial charge in [0.25, 0.3) is 0 Å². The fourth-order valence-electron chi connectivity index (χ4n) is 5.13. The molecule has 3 aliphatic rings. The molecule has 3 heterocycles. The van der Waals surface area contributed by atoms with Gasteiger partial charge in [0.2, 0.25) is 11.8 Å². The van der Waals surface area contributed by atoms with E-state index in [0.717, 1.165) is 44.3 Å². The van der Waals surface area contributed by atoms with Crippen molar-refractivity contribution in [2.45, 2.75) is 32.1 Å². The molecule has 13 heteroatoms. The van der Waals surface area contributed by atoms with Gasteiger partial charge in [0, 0.05) is 101 Å². The molecule has 1 aromatic carbocycles. The Hall–Kier alpha value is -1.22. The van der Waals surface area contributed by atoms with Gasteiger partial charge in [-0.15, -0.1) is 0 Å². The first kappa shape index (κ1) is 31.7. The van der Waals surface area contributed by atoms with Gasteiger partial charge in [-0.25, -0.2) is 3.11 Å². The summed E-state index contributed by atoms with van der Waals surface area (Å²) in [5.41, 5.74) is 0.823. The Labute approximate surface area is 261 Å². The van der Waals surface area contributed by atoms with Crippen molar-refractivity contribution >= 4 is 69.4 Å². The molecule has 2 fully saturated rings. The lowest BCUT2D eigenvalue weighted by Gasteiger charge is -2.38. The van der Waals surface area contributed by atoms with E-state index in [1.54, 1.807) is 17.1 Å². The Morgan fingerprint density at radius 1 is 1.00 bits per heavy atom. The van der Waals surface area contributed by atoms with Crippen LogP contribution in [0.25, 0.3) is 0 Å². The minimum Gasteiger partial charge on any atom is -0.370 e. The Kier molecular flexibility index (Phi) is 13.0. The lowest BCUT2D eigenvalue weighted by molar-refractivity contribution is -0.126. The van der Waals surface area contributed by atoms with E-state index >= 15 is 0 Å². The maximum atomic E-state index is 12.3. The van der Waals surface area contributed by atoms with Crippen molar-refractivity contribution in [1.82, 2.24) is 23.5 Å². The van der Waals surface area contributed by atoms with Crippen molar-refractivity contribution < 1.29 is 14.3 Å². The van der Waals surface area contributed by atoms with Gasteiger partial charge in [0.05, 0.1) is 22.3 Å². The van der Waals surface area contributed by atoms with Crippen molar-refractivity contribution in [2.75, 3.05) is 83.7 Å². The molecule has 3 aliphatic heterocycles. The van der Waals surface area contributed by atoms with E-state index in [1.165, 1.54) is 32.5 Å². The molecule has 0 radical (unpaired) electrons. The second kappa shape index (κ2) is 16.4. The summed E-state index contributed by atoms with van der Waals surface area (Å²) in [7, 11) is 0. The average molecular weight is 708 g/mol. The third kappa shape index (κ3) is 10.6. The number of amidine groups is 1. The maximum absolute atomic E-state index is 12.3. The normalized spacial score (nSPS) is 19.6. The van der Waals surface area contributed by atoms with Crippen LogP contribution in [-0.4, -0.2) is 109 Å². The standard InChI is InChI=1S/C27H40Cl2IN7O3/c28-23-4-3-22(18-24(23)29)37-11-7-25(33-37)32-26(38)2-1-8-31-27(39)20-40-17-16-34-12-14-35(15-13-34)19-21-5-9-36(30)10-6-21/h3-4,18,21H,1-2,5-17,19-20H2,(H,31,39)(H,32,33,38). The van der Waals surface area contributed by atoms with Gasteiger partial charge in [-0.1, -0.05) is 23.2 Å². The average Bonchev–Trinajstić information content (AvgIpc) is 3.41. The Morgan fingerprint density at radius 3 is 2.50 bits per heavy atom. The smallest absolute Gasteiger partial charge is 0.245 e. The van der Waals surface area contributed by atoms with Gasteiger partial charge < -0.3 is 20.3 Å². The molecule has 10 nitrogen and oxygen atoms in total. The zero-order valence-corrected chi connectivity index (χ0v) is 26.6. The summed E-state index contributed by atoms with van der Waals surface area (Å²) in [4.78, 5) is 29.4. The Balaban J connectivity index is 0.993. The summed E-state index contributed by atoms with van der Waals surface area (Å²) in [6.07, 6.45) is 4.10. The zero-order valence-electron chi connectivity index (χ0n) is 22.9. The highest BCUT2D eigenvalue weighted by Gasteiger charge is 2.23. The number of rotatable bonds is 12. The molecule has 0 aromatic heterocycles. The van der Waals surface area contributed by atoms with Crippen LogP contribution in [0.2, 0.25) is 10.0 Å². The molecular formula is C27H40Cl2IN7O3. The Morgan fingerprint density at radius 2 is 1.75 bits per heavy atom. The number of hydrogen-bond acceptors (Lipinski definition) is 8. The third-order valence-corrected chi connectivity index (χ3v) is 9.22. The van der Waals surface area contributed by atoms with Crippen molar-refractivity contribution in [3.8, 4) is 0 Å². The number of hydrogen-bond donors (Lipinski definition) is 2. The van der Waals surface area contributed by atoms with Crippen LogP contribution < -0.4 is 15.6 Å². The number of amides is 2. The van der Waals surface area contributed by atoms with Crippen LogP contribution in [-0.2, 0) is 14.3 Å². The molecule has 2 N–H and O–H groups in total. The van der Waals surface area contributed by atoms with E-state index in [0.29, 0.717) is 54.8 Å². The van der Waals surface area contributed by atoms with Gasteiger partial charge in [-0.3, -0.25) is 19.5 Å². The number of carbonyl (C=O) groups excluding carboxylic acids is 2. The molecule has 0 unspecified atom stereocenters. The van der Waals surface area contributed by atoms with Crippen molar-refractivity contribution in [1.29, 1.82) is 0 Å². The van der Waals surface area contributed by atoms with Gasteiger partial charge in [0.15, 0.2) is 0 Å². The predicted molar refractivity (Wildman–Crippen MR) is 168 cm³/mol. The van der Waals surface area contributed by atoms with Crippen molar-refractivity contribution in [3.05, 3.63) is 28.2 Å². The second-order valence-electron chi connectivity index (χ2n) is 10.6. The van der Waals surface area contributed by atoms with Gasteiger partial charge in [-0.05, 0) is 43.4 Å². The van der Waals surface area contributed by atoms with Crippen molar-refractivity contribution in [2.24, 2.45) is 11.0 Å². The lowest BCUT2D eigenvalue weighted by Crippen LogP contribution is -2.49. The van der Waals surface area contributed by atoms with Crippen LogP contribution in [0.3, 0.4) is 0 Å². The largest absolute Gasteiger partial charge is 0.370 e. The highest BCUT2D eigenvalue weighted by atomic mass is 127. The first-order valence-corrected chi connectivity index (χ1v) is 15.9. The van der Waals surface area contributed by atoms with Crippen molar-refractivity contribution in [3.63, 3.8) is 0 Å². The summed E-state index contributed by atoms with van der Waals surface area (Å²) < 4.78 is 7.99. The maximum Gasteiger partial charge on any atom is 0.245 e. The number of anilines is 1.